The van der Waals surface area contributed by atoms with Crippen molar-refractivity contribution in [3.05, 3.63) is 63.6 Å². The number of hydrogen-bond donors (Lipinski definition) is 1. The second kappa shape index (κ2) is 8.87. The molecular formula is C24H27N3O4S2. The fraction of sp³-hybridized carbons (Fsp3) is 0.375. The van der Waals surface area contributed by atoms with E-state index >= 15 is 0 Å². The summed E-state index contributed by atoms with van der Waals surface area (Å²) in [6, 6.07) is 12.9. The minimum Gasteiger partial charge on any atom is -0.493 e. The van der Waals surface area contributed by atoms with Gasteiger partial charge in [0.2, 0.25) is 10.0 Å². The molecule has 3 aromatic rings. The summed E-state index contributed by atoms with van der Waals surface area (Å²) in [6.07, 6.45) is 1.71. The molecular weight excluding hydrogens is 458 g/mol. The van der Waals surface area contributed by atoms with E-state index in [0.717, 1.165) is 39.7 Å². The van der Waals surface area contributed by atoms with Crippen molar-refractivity contribution in [2.75, 3.05) is 6.61 Å². The first-order valence-electron chi connectivity index (χ1n) is 10.7. The monoisotopic (exact) mass is 485 g/mol. The lowest BCUT2D eigenvalue weighted by Crippen LogP contribution is -2.42. The van der Waals surface area contributed by atoms with E-state index in [1.54, 1.807) is 44.2 Å². The van der Waals surface area contributed by atoms with Crippen molar-refractivity contribution in [3.8, 4) is 16.9 Å². The zero-order valence-electron chi connectivity index (χ0n) is 19.1. The molecule has 1 aliphatic rings. The van der Waals surface area contributed by atoms with Gasteiger partial charge in [0.1, 0.15) is 15.8 Å². The lowest BCUT2D eigenvalue weighted by atomic mass is 9.91. The maximum Gasteiger partial charge on any atom is 0.265 e. The van der Waals surface area contributed by atoms with E-state index in [1.807, 2.05) is 37.3 Å². The van der Waals surface area contributed by atoms with Crippen LogP contribution in [0, 0.1) is 12.8 Å². The third-order valence-electron chi connectivity index (χ3n) is 5.60. The van der Waals surface area contributed by atoms with Gasteiger partial charge in [0.05, 0.1) is 11.4 Å². The molecule has 0 unspecified atom stereocenters. The molecule has 9 heteroatoms. The van der Waals surface area contributed by atoms with E-state index in [4.69, 9.17) is 4.74 Å². The number of nitrogens with one attached hydrogen (secondary N) is 1. The largest absolute Gasteiger partial charge is 0.493 e. The summed E-state index contributed by atoms with van der Waals surface area (Å²) in [5.41, 5.74) is 2.85. The highest BCUT2D eigenvalue weighted by Gasteiger charge is 2.31. The van der Waals surface area contributed by atoms with Gasteiger partial charge in [-0.25, -0.2) is 13.1 Å². The molecule has 0 saturated carbocycles. The van der Waals surface area contributed by atoms with Gasteiger partial charge in [-0.2, -0.15) is 0 Å². The van der Waals surface area contributed by atoms with Gasteiger partial charge in [0.15, 0.2) is 0 Å². The zero-order valence-corrected chi connectivity index (χ0v) is 20.7. The van der Waals surface area contributed by atoms with Crippen LogP contribution in [0.3, 0.4) is 0 Å². The molecule has 0 saturated heterocycles. The number of hydrogen-bond acceptors (Lipinski definition) is 7. The molecule has 1 aliphatic heterocycles. The van der Waals surface area contributed by atoms with Gasteiger partial charge < -0.3 is 4.74 Å². The van der Waals surface area contributed by atoms with Gasteiger partial charge in [-0.05, 0) is 62.9 Å². The number of ether oxygens (including phenoxy) is 1. The Hall–Kier alpha value is -2.78. The Labute approximate surface area is 198 Å². The number of nitrogens with zero attached hydrogens (tertiary/aromatic N) is 2. The maximum absolute atomic E-state index is 12.9. The van der Waals surface area contributed by atoms with Gasteiger partial charge in [-0.15, -0.1) is 21.5 Å². The molecule has 1 N–H and O–H groups in total. The molecule has 174 valence electrons. The molecule has 1 atom stereocenters. The van der Waals surface area contributed by atoms with Crippen molar-refractivity contribution in [2.24, 2.45) is 5.92 Å². The van der Waals surface area contributed by atoms with E-state index < -0.39 is 20.7 Å². The second-order valence-electron chi connectivity index (χ2n) is 9.22. The Morgan fingerprint density at radius 1 is 1.18 bits per heavy atom. The molecule has 0 aliphatic carbocycles. The maximum atomic E-state index is 12.9. The molecule has 2 heterocycles. The minimum absolute atomic E-state index is 0.297. The minimum atomic E-state index is -3.82. The zero-order chi connectivity index (χ0) is 23.8. The third-order valence-corrected chi connectivity index (χ3v) is 8.52. The van der Waals surface area contributed by atoms with Crippen LogP contribution in [-0.2, 0) is 22.9 Å². The van der Waals surface area contributed by atoms with E-state index in [1.165, 1.54) is 0 Å². The van der Waals surface area contributed by atoms with Crippen LogP contribution >= 0.6 is 11.3 Å². The summed E-state index contributed by atoms with van der Waals surface area (Å²) < 4.78 is 32.1. The lowest BCUT2D eigenvalue weighted by molar-refractivity contribution is 0.0981. The van der Waals surface area contributed by atoms with E-state index in [2.05, 4.69) is 14.9 Å². The van der Waals surface area contributed by atoms with Crippen LogP contribution in [-0.4, -0.2) is 35.9 Å². The number of rotatable bonds is 5. The van der Waals surface area contributed by atoms with Gasteiger partial charge in [-0.3, -0.25) is 4.79 Å². The summed E-state index contributed by atoms with van der Waals surface area (Å²) in [4.78, 5) is 12.9. The van der Waals surface area contributed by atoms with Gasteiger partial charge >= 0.3 is 0 Å². The van der Waals surface area contributed by atoms with Crippen molar-refractivity contribution in [2.45, 2.75) is 45.3 Å². The molecule has 0 radical (unpaired) electrons. The van der Waals surface area contributed by atoms with Crippen LogP contribution in [0.15, 0.2) is 42.5 Å². The molecule has 7 nitrogen and oxygen atoms in total. The average Bonchev–Trinajstić information content (AvgIpc) is 3.16. The smallest absolute Gasteiger partial charge is 0.265 e. The van der Waals surface area contributed by atoms with Crippen molar-refractivity contribution in [1.82, 2.24) is 14.9 Å². The Kier molecular flexibility index (Phi) is 6.28. The Bertz CT molecular complexity index is 1290. The third kappa shape index (κ3) is 5.09. The quantitative estimate of drug-likeness (QED) is 0.583. The number of fused-ring (bicyclic) bond motifs is 1. The van der Waals surface area contributed by atoms with E-state index in [-0.39, 0.29) is 0 Å². The Morgan fingerprint density at radius 3 is 2.64 bits per heavy atom. The number of benzene rings is 2. The van der Waals surface area contributed by atoms with Crippen LogP contribution in [0.25, 0.3) is 11.1 Å². The second-order valence-corrected chi connectivity index (χ2v) is 12.9. The SMILES string of the molecule is Cc1nnc(C[C@H]2COc3cc(-c4ccccc4C(=O)NS(=O)(=O)C(C)(C)C)ccc3C2)s1. The number of amides is 1. The number of sulfonamides is 1. The van der Waals surface area contributed by atoms with Crippen molar-refractivity contribution in [3.63, 3.8) is 0 Å². The Balaban J connectivity index is 1.56. The molecule has 2 aromatic carbocycles. The van der Waals surface area contributed by atoms with Gasteiger partial charge in [0, 0.05) is 17.9 Å². The first-order valence-corrected chi connectivity index (χ1v) is 13.0. The highest BCUT2D eigenvalue weighted by atomic mass is 32.2. The molecule has 33 heavy (non-hydrogen) atoms. The molecule has 0 fully saturated rings. The van der Waals surface area contributed by atoms with Crippen molar-refractivity contribution < 1.29 is 17.9 Å². The topological polar surface area (TPSA) is 98.2 Å². The highest BCUT2D eigenvalue weighted by molar-refractivity contribution is 7.91. The molecule has 0 spiro atoms. The fourth-order valence-corrected chi connectivity index (χ4v) is 5.15. The predicted octanol–water partition coefficient (Wildman–Crippen LogP) is 4.17. The summed E-state index contributed by atoms with van der Waals surface area (Å²) >= 11 is 1.61. The molecule has 0 bridgehead atoms. The van der Waals surface area contributed by atoms with Crippen molar-refractivity contribution in [1.29, 1.82) is 0 Å². The lowest BCUT2D eigenvalue weighted by Gasteiger charge is -2.25. The molecule has 1 amide bonds. The van der Waals surface area contributed by atoms with E-state index in [0.29, 0.717) is 23.7 Å². The number of carbonyl (C=O) groups excluding carboxylic acids is 1. The molecule has 4 rings (SSSR count). The first kappa shape index (κ1) is 23.4. The predicted molar refractivity (Wildman–Crippen MR) is 129 cm³/mol. The van der Waals surface area contributed by atoms with Crippen LogP contribution in [0.2, 0.25) is 0 Å². The van der Waals surface area contributed by atoms with Crippen LogP contribution in [0.5, 0.6) is 5.75 Å². The van der Waals surface area contributed by atoms with Crippen molar-refractivity contribution >= 4 is 27.3 Å². The van der Waals surface area contributed by atoms with E-state index in [9.17, 15) is 13.2 Å². The van der Waals surface area contributed by atoms with Crippen LogP contribution < -0.4 is 9.46 Å². The number of aryl methyl sites for hydroxylation is 1. The summed E-state index contributed by atoms with van der Waals surface area (Å²) in [5.74, 6) is 0.470. The number of aromatic nitrogens is 2. The summed E-state index contributed by atoms with van der Waals surface area (Å²) in [6.45, 7) is 7.19. The normalized spacial score (nSPS) is 16.1. The van der Waals surface area contributed by atoms with Gasteiger partial charge in [0.25, 0.3) is 5.91 Å². The van der Waals surface area contributed by atoms with Gasteiger partial charge in [-0.1, -0.05) is 30.3 Å². The van der Waals surface area contributed by atoms with Crippen LogP contribution in [0.4, 0.5) is 0 Å². The highest BCUT2D eigenvalue weighted by Crippen LogP contribution is 2.34. The Morgan fingerprint density at radius 2 is 1.94 bits per heavy atom. The standard InChI is InChI=1S/C24H27N3O4S2/c1-15-25-26-22(32-15)12-16-11-18-10-9-17(13-21(18)31-14-16)19-7-5-6-8-20(19)23(28)27-33(29,30)24(2,3)4/h5-10,13,16H,11-12,14H2,1-4H3,(H,27,28)/t16-/m0/s1. The number of carbonyl (C=O) groups is 1. The summed E-state index contributed by atoms with van der Waals surface area (Å²) in [5, 5.41) is 10.3. The summed E-state index contributed by atoms with van der Waals surface area (Å²) in [7, 11) is -3.82. The molecule has 1 aromatic heterocycles. The van der Waals surface area contributed by atoms with Crippen LogP contribution in [0.1, 0.15) is 46.7 Å². The fourth-order valence-electron chi connectivity index (χ4n) is 3.66. The average molecular weight is 486 g/mol. The first-order chi connectivity index (χ1) is 15.5.